The third kappa shape index (κ3) is 3.02. The van der Waals surface area contributed by atoms with Crippen molar-refractivity contribution in [2.75, 3.05) is 13.7 Å². The van der Waals surface area contributed by atoms with Gasteiger partial charge in [0.2, 0.25) is 0 Å². The summed E-state index contributed by atoms with van der Waals surface area (Å²) in [5, 5.41) is 9.69. The van der Waals surface area contributed by atoms with Gasteiger partial charge in [-0.1, -0.05) is 0 Å². The topological polar surface area (TPSA) is 29.5 Å². The van der Waals surface area contributed by atoms with Crippen molar-refractivity contribution in [3.63, 3.8) is 0 Å². The van der Waals surface area contributed by atoms with E-state index in [1.165, 1.54) is 0 Å². The molecule has 0 spiro atoms. The summed E-state index contributed by atoms with van der Waals surface area (Å²) in [6.45, 7) is 0.767. The summed E-state index contributed by atoms with van der Waals surface area (Å²) in [4.78, 5) is 0. The van der Waals surface area contributed by atoms with Crippen molar-refractivity contribution < 1.29 is 9.84 Å². The van der Waals surface area contributed by atoms with Gasteiger partial charge in [0.05, 0.1) is 6.10 Å². The molecular weight excluding hydrogens is 164 g/mol. The first-order valence-corrected chi connectivity index (χ1v) is 4.88. The van der Waals surface area contributed by atoms with Crippen molar-refractivity contribution >= 4 is 0 Å². The zero-order valence-electron chi connectivity index (χ0n) is 8.20. The van der Waals surface area contributed by atoms with Gasteiger partial charge in [-0.25, -0.2) is 0 Å². The second-order valence-corrected chi connectivity index (χ2v) is 3.86. The van der Waals surface area contributed by atoms with E-state index in [-0.39, 0.29) is 6.10 Å². The number of rotatable bonds is 4. The molecule has 13 heavy (non-hydrogen) atoms. The highest BCUT2D eigenvalue weighted by molar-refractivity contribution is 4.89. The SMILES string of the molecule is C#CCCC1CC(COC)CC1O. The van der Waals surface area contributed by atoms with Crippen molar-refractivity contribution in [1.82, 2.24) is 0 Å². The van der Waals surface area contributed by atoms with Crippen LogP contribution in [0.5, 0.6) is 0 Å². The maximum absolute atomic E-state index is 9.69. The fourth-order valence-corrected chi connectivity index (χ4v) is 2.17. The molecule has 1 saturated carbocycles. The lowest BCUT2D eigenvalue weighted by atomic mass is 9.99. The Hall–Kier alpha value is -0.520. The summed E-state index contributed by atoms with van der Waals surface area (Å²) in [5.74, 6) is 3.55. The lowest BCUT2D eigenvalue weighted by Gasteiger charge is -2.11. The number of terminal acetylenes is 1. The zero-order chi connectivity index (χ0) is 9.68. The van der Waals surface area contributed by atoms with Gasteiger partial charge in [-0.05, 0) is 31.1 Å². The van der Waals surface area contributed by atoms with Crippen LogP contribution < -0.4 is 0 Å². The Morgan fingerprint density at radius 3 is 2.92 bits per heavy atom. The minimum absolute atomic E-state index is 0.159. The van der Waals surface area contributed by atoms with E-state index in [1.54, 1.807) is 7.11 Å². The van der Waals surface area contributed by atoms with Crippen molar-refractivity contribution in [3.8, 4) is 12.3 Å². The van der Waals surface area contributed by atoms with Crippen LogP contribution in [-0.4, -0.2) is 24.9 Å². The fraction of sp³-hybridized carbons (Fsp3) is 0.818. The third-order valence-corrected chi connectivity index (χ3v) is 2.82. The van der Waals surface area contributed by atoms with Crippen LogP contribution in [0.2, 0.25) is 0 Å². The Morgan fingerprint density at radius 1 is 1.54 bits per heavy atom. The number of aliphatic hydroxyl groups is 1. The maximum Gasteiger partial charge on any atom is 0.0572 e. The fourth-order valence-electron chi connectivity index (χ4n) is 2.17. The average molecular weight is 182 g/mol. The van der Waals surface area contributed by atoms with Gasteiger partial charge >= 0.3 is 0 Å². The molecule has 0 aromatic rings. The van der Waals surface area contributed by atoms with E-state index in [1.807, 2.05) is 0 Å². The van der Waals surface area contributed by atoms with Crippen LogP contribution in [0.25, 0.3) is 0 Å². The normalized spacial score (nSPS) is 33.2. The van der Waals surface area contributed by atoms with E-state index in [0.29, 0.717) is 11.8 Å². The number of hydrogen-bond donors (Lipinski definition) is 1. The van der Waals surface area contributed by atoms with Crippen molar-refractivity contribution in [2.45, 2.75) is 31.8 Å². The molecule has 0 aliphatic heterocycles. The van der Waals surface area contributed by atoms with Crippen molar-refractivity contribution in [3.05, 3.63) is 0 Å². The summed E-state index contributed by atoms with van der Waals surface area (Å²) in [7, 11) is 1.71. The lowest BCUT2D eigenvalue weighted by Crippen LogP contribution is -2.12. The van der Waals surface area contributed by atoms with E-state index < -0.39 is 0 Å². The quantitative estimate of drug-likeness (QED) is 0.666. The smallest absolute Gasteiger partial charge is 0.0572 e. The van der Waals surface area contributed by atoms with E-state index in [2.05, 4.69) is 5.92 Å². The van der Waals surface area contributed by atoms with E-state index in [9.17, 15) is 5.11 Å². The van der Waals surface area contributed by atoms with Crippen LogP contribution in [0.1, 0.15) is 25.7 Å². The minimum atomic E-state index is -0.159. The molecular formula is C11H18O2. The molecule has 1 rings (SSSR count). The van der Waals surface area contributed by atoms with E-state index >= 15 is 0 Å². The molecule has 1 N–H and O–H groups in total. The molecule has 3 unspecified atom stereocenters. The van der Waals surface area contributed by atoms with Gasteiger partial charge in [0.25, 0.3) is 0 Å². The van der Waals surface area contributed by atoms with Crippen LogP contribution in [-0.2, 0) is 4.74 Å². The Labute approximate surface area is 80.3 Å². The standard InChI is InChI=1S/C11H18O2/c1-3-4-5-10-6-9(8-13-2)7-11(10)12/h1,9-12H,4-8H2,2H3. The first kappa shape index (κ1) is 10.6. The average Bonchev–Trinajstić information content (AvgIpc) is 2.44. The van der Waals surface area contributed by atoms with Crippen molar-refractivity contribution in [2.24, 2.45) is 11.8 Å². The summed E-state index contributed by atoms with van der Waals surface area (Å²) in [5.41, 5.74) is 0. The Balaban J connectivity index is 2.29. The Morgan fingerprint density at radius 2 is 2.31 bits per heavy atom. The molecule has 0 bridgehead atoms. The van der Waals surface area contributed by atoms with Gasteiger partial charge in [0.15, 0.2) is 0 Å². The summed E-state index contributed by atoms with van der Waals surface area (Å²) in [6, 6.07) is 0. The minimum Gasteiger partial charge on any atom is -0.393 e. The highest BCUT2D eigenvalue weighted by Gasteiger charge is 2.31. The first-order chi connectivity index (χ1) is 6.27. The largest absolute Gasteiger partial charge is 0.393 e. The van der Waals surface area contributed by atoms with Crippen LogP contribution in [0.4, 0.5) is 0 Å². The maximum atomic E-state index is 9.69. The predicted molar refractivity (Wildman–Crippen MR) is 52.2 cm³/mol. The molecule has 0 aromatic carbocycles. The zero-order valence-corrected chi connectivity index (χ0v) is 8.20. The van der Waals surface area contributed by atoms with Crippen LogP contribution in [0, 0.1) is 24.2 Å². The van der Waals surface area contributed by atoms with Gasteiger partial charge in [-0.15, -0.1) is 12.3 Å². The predicted octanol–water partition coefficient (Wildman–Crippen LogP) is 1.43. The highest BCUT2D eigenvalue weighted by atomic mass is 16.5. The number of methoxy groups -OCH3 is 1. The van der Waals surface area contributed by atoms with Gasteiger partial charge < -0.3 is 9.84 Å². The number of ether oxygens (including phenoxy) is 1. The molecule has 1 fully saturated rings. The van der Waals surface area contributed by atoms with Crippen LogP contribution in [0.3, 0.4) is 0 Å². The van der Waals surface area contributed by atoms with E-state index in [0.717, 1.165) is 32.3 Å². The van der Waals surface area contributed by atoms with Gasteiger partial charge in [0, 0.05) is 20.1 Å². The van der Waals surface area contributed by atoms with Gasteiger partial charge in [-0.2, -0.15) is 0 Å². The molecule has 1 aliphatic rings. The summed E-state index contributed by atoms with van der Waals surface area (Å²) < 4.78 is 5.08. The van der Waals surface area contributed by atoms with Gasteiger partial charge in [-0.3, -0.25) is 0 Å². The third-order valence-electron chi connectivity index (χ3n) is 2.82. The van der Waals surface area contributed by atoms with Gasteiger partial charge in [0.1, 0.15) is 0 Å². The van der Waals surface area contributed by atoms with Crippen LogP contribution in [0.15, 0.2) is 0 Å². The van der Waals surface area contributed by atoms with Crippen LogP contribution >= 0.6 is 0 Å². The molecule has 0 saturated heterocycles. The molecule has 1 aliphatic carbocycles. The second kappa shape index (κ2) is 5.26. The van der Waals surface area contributed by atoms with Crippen molar-refractivity contribution in [1.29, 1.82) is 0 Å². The Kier molecular flexibility index (Phi) is 4.27. The summed E-state index contributed by atoms with van der Waals surface area (Å²) >= 11 is 0. The number of hydrogen-bond acceptors (Lipinski definition) is 2. The molecule has 3 atom stereocenters. The van der Waals surface area contributed by atoms with E-state index in [4.69, 9.17) is 11.2 Å². The molecule has 0 heterocycles. The molecule has 0 radical (unpaired) electrons. The number of aliphatic hydroxyl groups excluding tert-OH is 1. The molecule has 0 amide bonds. The second-order valence-electron chi connectivity index (χ2n) is 3.86. The Bertz CT molecular complexity index is 183. The monoisotopic (exact) mass is 182 g/mol. The summed E-state index contributed by atoms with van der Waals surface area (Å²) in [6.07, 6.45) is 8.71. The lowest BCUT2D eigenvalue weighted by molar-refractivity contribution is 0.119. The molecule has 2 nitrogen and oxygen atoms in total. The molecule has 74 valence electrons. The molecule has 2 heteroatoms. The first-order valence-electron chi connectivity index (χ1n) is 4.88. The molecule has 0 aromatic heterocycles. The highest BCUT2D eigenvalue weighted by Crippen LogP contribution is 2.34.